The van der Waals surface area contributed by atoms with Gasteiger partial charge in [-0.2, -0.15) is 5.10 Å². The fraction of sp³-hybridized carbons (Fsp3) is 0.408. The van der Waals surface area contributed by atoms with E-state index < -0.39 is 5.97 Å². The molecule has 0 bridgehead atoms. The van der Waals surface area contributed by atoms with E-state index in [1.54, 1.807) is 0 Å². The van der Waals surface area contributed by atoms with Gasteiger partial charge in [0.15, 0.2) is 0 Å². The second-order valence-corrected chi connectivity index (χ2v) is 16.3. The summed E-state index contributed by atoms with van der Waals surface area (Å²) in [6.45, 7) is 14.0. The molecule has 2 aliphatic heterocycles. The van der Waals surface area contributed by atoms with Crippen molar-refractivity contribution in [3.8, 4) is 22.6 Å². The molecule has 2 fully saturated rings. The number of carboxylic acids is 1. The molecule has 8 rings (SSSR count). The number of nitrogens with zero attached hydrogens (tertiary/aromatic N) is 6. The third-order valence-corrected chi connectivity index (χ3v) is 12.5. The largest absolute Gasteiger partial charge is 0.493 e. The first-order valence-corrected chi connectivity index (χ1v) is 21.8. The Labute approximate surface area is 358 Å². The van der Waals surface area contributed by atoms with Gasteiger partial charge in [0.05, 0.1) is 36.7 Å². The fourth-order valence-electron chi connectivity index (χ4n) is 9.02. The van der Waals surface area contributed by atoms with Crippen LogP contribution in [-0.4, -0.2) is 107 Å². The van der Waals surface area contributed by atoms with Crippen LogP contribution in [0.25, 0.3) is 32.8 Å². The molecule has 1 N–H and O–H groups in total. The number of piperazine rings is 1. The summed E-state index contributed by atoms with van der Waals surface area (Å²) in [4.78, 5) is 32.8. The Morgan fingerprint density at radius 1 is 0.852 bits per heavy atom. The van der Waals surface area contributed by atoms with Crippen LogP contribution >= 0.6 is 0 Å². The van der Waals surface area contributed by atoms with Crippen LogP contribution < -0.4 is 14.4 Å². The minimum atomic E-state index is -0.939. The molecule has 320 valence electrons. The van der Waals surface area contributed by atoms with Gasteiger partial charge < -0.3 is 33.7 Å². The Bertz CT molecular complexity index is 2470. The molecule has 12 nitrogen and oxygen atoms in total. The zero-order chi connectivity index (χ0) is 42.5. The number of morpholine rings is 1. The number of hydrogen-bond acceptors (Lipinski definition) is 8. The van der Waals surface area contributed by atoms with E-state index in [4.69, 9.17) is 19.3 Å². The van der Waals surface area contributed by atoms with E-state index in [2.05, 4.69) is 59.2 Å². The number of aromatic carboxylic acids is 1. The molecular formula is C49H58N6O6. The Morgan fingerprint density at radius 3 is 2.33 bits per heavy atom. The number of carbonyl (C=O) groups excluding carboxylic acids is 1. The number of hydrogen-bond donors (Lipinski definition) is 1. The first-order valence-electron chi connectivity index (χ1n) is 21.8. The molecule has 4 heterocycles. The van der Waals surface area contributed by atoms with Crippen molar-refractivity contribution in [2.75, 3.05) is 70.5 Å². The van der Waals surface area contributed by atoms with Gasteiger partial charge >= 0.3 is 5.97 Å². The molecule has 6 aromatic rings. The molecule has 0 aliphatic carbocycles. The predicted octanol–water partition coefficient (Wildman–Crippen LogP) is 7.82. The molecule has 2 aliphatic rings. The number of ether oxygens (including phenoxy) is 3. The van der Waals surface area contributed by atoms with Crippen molar-refractivity contribution in [1.29, 1.82) is 0 Å². The molecule has 0 radical (unpaired) electrons. The van der Waals surface area contributed by atoms with Gasteiger partial charge in [0.2, 0.25) is 5.91 Å². The first kappa shape index (κ1) is 41.9. The zero-order valence-corrected chi connectivity index (χ0v) is 35.9. The van der Waals surface area contributed by atoms with Crippen molar-refractivity contribution in [2.24, 2.45) is 13.0 Å². The second-order valence-electron chi connectivity index (χ2n) is 16.3. The number of fused-ring (bicyclic) bond motifs is 2. The van der Waals surface area contributed by atoms with Crippen molar-refractivity contribution >= 4 is 39.2 Å². The number of anilines is 1. The third kappa shape index (κ3) is 8.97. The molecule has 0 spiro atoms. The van der Waals surface area contributed by atoms with Crippen LogP contribution in [-0.2, 0) is 36.2 Å². The van der Waals surface area contributed by atoms with Crippen molar-refractivity contribution in [3.63, 3.8) is 0 Å². The maximum Gasteiger partial charge on any atom is 0.352 e. The molecule has 61 heavy (non-hydrogen) atoms. The molecule has 0 saturated carbocycles. The van der Waals surface area contributed by atoms with Gasteiger partial charge in [-0.25, -0.2) is 4.79 Å². The third-order valence-electron chi connectivity index (χ3n) is 12.5. The van der Waals surface area contributed by atoms with E-state index in [-0.39, 0.29) is 18.4 Å². The topological polar surface area (TPSA) is 115 Å². The van der Waals surface area contributed by atoms with Crippen LogP contribution in [0.1, 0.15) is 54.1 Å². The molecule has 1 unspecified atom stereocenters. The van der Waals surface area contributed by atoms with Gasteiger partial charge in [0.25, 0.3) is 0 Å². The van der Waals surface area contributed by atoms with E-state index in [0.29, 0.717) is 51.4 Å². The number of aryl methyl sites for hydroxylation is 3. The summed E-state index contributed by atoms with van der Waals surface area (Å²) in [7, 11) is 1.94. The number of aromatic nitrogens is 3. The molecule has 4 aromatic carbocycles. The lowest BCUT2D eigenvalue weighted by Gasteiger charge is -2.37. The molecule has 1 amide bonds. The smallest absolute Gasteiger partial charge is 0.352 e. The summed E-state index contributed by atoms with van der Waals surface area (Å²) in [6, 6.07) is 28.6. The lowest BCUT2D eigenvalue weighted by molar-refractivity contribution is -0.135. The Morgan fingerprint density at radius 2 is 1.57 bits per heavy atom. The molecular weight excluding hydrogens is 769 g/mol. The molecule has 2 aromatic heterocycles. The van der Waals surface area contributed by atoms with Gasteiger partial charge in [-0.3, -0.25) is 14.4 Å². The molecule has 12 heteroatoms. The highest BCUT2D eigenvalue weighted by molar-refractivity contribution is 6.04. The summed E-state index contributed by atoms with van der Waals surface area (Å²) >= 11 is 0. The summed E-state index contributed by atoms with van der Waals surface area (Å²) in [6.07, 6.45) is 2.05. The number of rotatable bonds is 16. The van der Waals surface area contributed by atoms with Gasteiger partial charge in [0, 0.05) is 92.9 Å². The van der Waals surface area contributed by atoms with Gasteiger partial charge in [-0.1, -0.05) is 68.4 Å². The maximum absolute atomic E-state index is 13.4. The average molecular weight is 827 g/mol. The molecule has 1 atom stereocenters. The minimum Gasteiger partial charge on any atom is -0.493 e. The van der Waals surface area contributed by atoms with Crippen LogP contribution in [0.2, 0.25) is 0 Å². The number of benzene rings is 4. The Hall–Kier alpha value is -5.85. The lowest BCUT2D eigenvalue weighted by Crippen LogP contribution is -2.50. The van der Waals surface area contributed by atoms with Crippen molar-refractivity contribution in [3.05, 3.63) is 108 Å². The van der Waals surface area contributed by atoms with E-state index in [1.165, 1.54) is 0 Å². The lowest BCUT2D eigenvalue weighted by atomic mass is 9.98. The second kappa shape index (κ2) is 18.8. The highest BCUT2D eigenvalue weighted by Gasteiger charge is 2.28. The highest BCUT2D eigenvalue weighted by Crippen LogP contribution is 2.39. The maximum atomic E-state index is 13.4. The van der Waals surface area contributed by atoms with E-state index in [9.17, 15) is 14.7 Å². The number of carboxylic acid groups (broad SMARTS) is 1. The quantitative estimate of drug-likeness (QED) is 0.0977. The van der Waals surface area contributed by atoms with Crippen LogP contribution in [0.3, 0.4) is 0 Å². The van der Waals surface area contributed by atoms with E-state index in [0.717, 1.165) is 113 Å². The minimum absolute atomic E-state index is 0.0583. The zero-order valence-electron chi connectivity index (χ0n) is 35.9. The van der Waals surface area contributed by atoms with E-state index >= 15 is 0 Å². The SMILES string of the molecule is CCC(C)C(=O)N1CCN(c2ccc(OCc3c(-c4cccc5c(CCCOc6cccc7ccccc67)c(C(=O)O)n(CCN6CCOCC6)c45)c(C)nn3C)cc2)CC1. The van der Waals surface area contributed by atoms with Crippen molar-refractivity contribution in [1.82, 2.24) is 24.1 Å². The normalized spacial score (nSPS) is 15.4. The highest BCUT2D eigenvalue weighted by atomic mass is 16.5. The number of para-hydroxylation sites is 1. The van der Waals surface area contributed by atoms with E-state index in [1.807, 2.05) is 77.5 Å². The number of carbonyl (C=O) groups is 2. The van der Waals surface area contributed by atoms with Gasteiger partial charge in [-0.05, 0) is 67.5 Å². The molecule has 2 saturated heterocycles. The van der Waals surface area contributed by atoms with Gasteiger partial charge in [0.1, 0.15) is 23.8 Å². The van der Waals surface area contributed by atoms with Crippen LogP contribution in [0, 0.1) is 12.8 Å². The average Bonchev–Trinajstić information content (AvgIpc) is 3.77. The van der Waals surface area contributed by atoms with Gasteiger partial charge in [-0.15, -0.1) is 0 Å². The summed E-state index contributed by atoms with van der Waals surface area (Å²) < 4.78 is 22.3. The standard InChI is InChI=1S/C49H58N6O6/c1-5-34(2)48(56)54-25-23-53(24-26-54)37-18-20-38(21-19-37)61-33-43-45(35(3)50-51(43)4)42-15-9-14-40-41(16-10-30-60-44-17-8-12-36-11-6-7-13-39(36)44)47(49(57)58)55(46(40)42)27-22-52-28-31-59-32-29-52/h6-9,11-15,17-21,34H,5,10,16,22-33H2,1-4H3,(H,57,58). The summed E-state index contributed by atoms with van der Waals surface area (Å²) in [5.74, 6) is 0.935. The summed E-state index contributed by atoms with van der Waals surface area (Å²) in [5, 5.41) is 18.9. The Balaban J connectivity index is 1.05. The predicted molar refractivity (Wildman–Crippen MR) is 240 cm³/mol. The van der Waals surface area contributed by atoms with Crippen LogP contribution in [0.5, 0.6) is 11.5 Å². The number of amides is 1. The summed E-state index contributed by atoms with van der Waals surface area (Å²) in [5.41, 5.74) is 6.77. The first-order chi connectivity index (χ1) is 29.7. The van der Waals surface area contributed by atoms with Crippen molar-refractivity contribution < 1.29 is 28.9 Å². The van der Waals surface area contributed by atoms with Crippen molar-refractivity contribution in [2.45, 2.75) is 53.2 Å². The Kier molecular flexibility index (Phi) is 12.9. The van der Waals surface area contributed by atoms with Crippen LogP contribution in [0.4, 0.5) is 5.69 Å². The van der Waals surface area contributed by atoms with Crippen LogP contribution in [0.15, 0.2) is 84.9 Å². The monoisotopic (exact) mass is 826 g/mol. The fourth-order valence-corrected chi connectivity index (χ4v) is 9.02.